The molecule has 1 amide bonds. The zero-order chi connectivity index (χ0) is 20.5. The number of nitrogens with one attached hydrogen (secondary N) is 1. The van der Waals surface area contributed by atoms with Crippen molar-refractivity contribution in [1.82, 2.24) is 4.98 Å². The number of benzene rings is 2. The maximum absolute atomic E-state index is 13.2. The summed E-state index contributed by atoms with van der Waals surface area (Å²) in [6.45, 7) is 5.00. The van der Waals surface area contributed by atoms with E-state index in [-0.39, 0.29) is 5.69 Å². The molecule has 0 bridgehead atoms. The van der Waals surface area contributed by atoms with Crippen LogP contribution in [0.15, 0.2) is 48.5 Å². The highest BCUT2D eigenvalue weighted by atomic mass is 19.4. The Kier molecular flexibility index (Phi) is 5.02. The number of hydrogen-bond acceptors (Lipinski definition) is 3. The molecule has 0 aliphatic rings. The average molecular weight is 387 g/mol. The maximum Gasteiger partial charge on any atom is 0.416 e. The smallest absolute Gasteiger partial charge is 0.416 e. The molecule has 145 valence electrons. The molecular weight excluding hydrogens is 369 g/mol. The number of anilines is 1. The van der Waals surface area contributed by atoms with Crippen LogP contribution in [0.5, 0.6) is 0 Å². The highest BCUT2D eigenvalue weighted by Gasteiger charge is 2.31. The van der Waals surface area contributed by atoms with Gasteiger partial charge in [-0.25, -0.2) is 9.78 Å². The first kappa shape index (κ1) is 19.7. The summed E-state index contributed by atoms with van der Waals surface area (Å²) in [5.74, 6) is 0. The molecule has 2 aromatic carbocycles. The minimum Gasteiger partial charge on any atom is -0.444 e. The van der Waals surface area contributed by atoms with Crippen LogP contribution in [0.2, 0.25) is 0 Å². The van der Waals surface area contributed by atoms with E-state index in [1.807, 2.05) is 6.07 Å². The molecule has 3 aromatic rings. The highest BCUT2D eigenvalue weighted by molar-refractivity contribution is 5.92. The van der Waals surface area contributed by atoms with Crippen LogP contribution in [0.4, 0.5) is 23.7 Å². The van der Waals surface area contributed by atoms with E-state index in [0.717, 1.165) is 17.5 Å². The number of amides is 1. The van der Waals surface area contributed by atoms with Crippen LogP contribution >= 0.6 is 0 Å². The summed E-state index contributed by atoms with van der Waals surface area (Å²) >= 11 is 0. The molecule has 0 saturated heterocycles. The lowest BCUT2D eigenvalue weighted by atomic mass is 10.0. The second-order valence-corrected chi connectivity index (χ2v) is 7.20. The predicted molar refractivity (Wildman–Crippen MR) is 101 cm³/mol. The molecule has 0 aliphatic heterocycles. The van der Waals surface area contributed by atoms with Crippen molar-refractivity contribution in [3.05, 3.63) is 60.2 Å². The second kappa shape index (κ2) is 7.14. The third kappa shape index (κ3) is 4.60. The molecule has 0 fully saturated rings. The van der Waals surface area contributed by atoms with Gasteiger partial charge in [0, 0.05) is 10.9 Å². The molecule has 1 aromatic heterocycles. The van der Waals surface area contributed by atoms with E-state index < -0.39 is 23.4 Å². The lowest BCUT2D eigenvalue weighted by molar-refractivity contribution is -0.137. The van der Waals surface area contributed by atoms with Gasteiger partial charge in [0.25, 0.3) is 0 Å². The summed E-state index contributed by atoms with van der Waals surface area (Å²) in [6, 6.07) is 14.8. The Hall–Kier alpha value is -3.09. The zero-order valence-corrected chi connectivity index (χ0v) is 15.5. The normalized spacial score (nSPS) is 12.1. The monoisotopic (exact) mass is 387 g/mol. The van der Waals surface area contributed by atoms with Gasteiger partial charge in [-0.3, -0.25) is 5.32 Å². The molecule has 0 atom stereocenters. The van der Waals surface area contributed by atoms with Gasteiger partial charge in [-0.15, -0.1) is 0 Å². The van der Waals surface area contributed by atoms with Gasteiger partial charge in [-0.1, -0.05) is 24.3 Å². The van der Waals surface area contributed by atoms with Crippen molar-refractivity contribution in [3.63, 3.8) is 0 Å². The summed E-state index contributed by atoms with van der Waals surface area (Å²) in [6.07, 6.45) is -5.39. The van der Waals surface area contributed by atoms with Crippen molar-refractivity contribution < 1.29 is 22.7 Å². The van der Waals surface area contributed by atoms with Crippen molar-refractivity contribution >= 4 is 22.7 Å². The number of nitrogens with zero attached hydrogens (tertiary/aromatic N) is 1. The van der Waals surface area contributed by atoms with Crippen molar-refractivity contribution in [1.29, 1.82) is 0 Å². The fourth-order valence-electron chi connectivity index (χ4n) is 2.62. The third-order valence-electron chi connectivity index (χ3n) is 3.80. The van der Waals surface area contributed by atoms with E-state index in [1.54, 1.807) is 45.0 Å². The summed E-state index contributed by atoms with van der Waals surface area (Å²) < 4.78 is 44.6. The second-order valence-electron chi connectivity index (χ2n) is 7.20. The minimum absolute atomic E-state index is 0.0316. The van der Waals surface area contributed by atoms with Crippen LogP contribution in [0, 0.1) is 6.07 Å². The number of alkyl halides is 3. The number of fused-ring (bicyclic) bond motifs is 1. The lowest BCUT2D eigenvalue weighted by Crippen LogP contribution is -2.27. The van der Waals surface area contributed by atoms with Crippen LogP contribution in [0.1, 0.15) is 26.3 Å². The van der Waals surface area contributed by atoms with Gasteiger partial charge >= 0.3 is 12.3 Å². The Morgan fingerprint density at radius 1 is 1.11 bits per heavy atom. The first-order valence-electron chi connectivity index (χ1n) is 8.51. The van der Waals surface area contributed by atoms with Crippen LogP contribution in [0.3, 0.4) is 0 Å². The molecule has 0 spiro atoms. The summed E-state index contributed by atoms with van der Waals surface area (Å²) in [5.41, 5.74) is -0.282. The van der Waals surface area contributed by atoms with E-state index in [2.05, 4.69) is 16.4 Å². The Morgan fingerprint density at radius 2 is 1.86 bits per heavy atom. The van der Waals surface area contributed by atoms with E-state index in [1.165, 1.54) is 6.07 Å². The van der Waals surface area contributed by atoms with Gasteiger partial charge in [-0.2, -0.15) is 13.2 Å². The zero-order valence-electron chi connectivity index (χ0n) is 15.5. The number of carbonyl (C=O) groups is 1. The van der Waals surface area contributed by atoms with E-state index >= 15 is 0 Å². The molecule has 4 nitrogen and oxygen atoms in total. The number of aromatic nitrogens is 1. The fraction of sp³-hybridized carbons (Fsp3) is 0.238. The summed E-state index contributed by atoms with van der Waals surface area (Å²) in [7, 11) is 0. The van der Waals surface area contributed by atoms with Gasteiger partial charge in [0.1, 0.15) is 5.60 Å². The van der Waals surface area contributed by atoms with Gasteiger partial charge in [0.15, 0.2) is 0 Å². The predicted octanol–water partition coefficient (Wildman–Crippen LogP) is 6.07. The largest absolute Gasteiger partial charge is 0.444 e. The topological polar surface area (TPSA) is 51.2 Å². The lowest BCUT2D eigenvalue weighted by Gasteiger charge is -2.21. The number of pyridine rings is 1. The SMILES string of the molecule is CC(C)(C)OC(=O)Nc1cc(C(F)(F)F)ccc1-c1ccc2cc[c]cc2n1. The number of rotatable bonds is 2. The Balaban J connectivity index is 2.06. The molecule has 0 saturated carbocycles. The molecule has 1 N–H and O–H groups in total. The van der Waals surface area contributed by atoms with Crippen molar-refractivity contribution in [2.45, 2.75) is 32.5 Å². The first-order valence-corrected chi connectivity index (χ1v) is 8.51. The number of ether oxygens (including phenoxy) is 1. The van der Waals surface area contributed by atoms with Crippen molar-refractivity contribution in [2.24, 2.45) is 0 Å². The number of hydrogen-bond donors (Lipinski definition) is 1. The Labute approximate surface area is 160 Å². The molecular formula is C21H18F3N2O2. The summed E-state index contributed by atoms with van der Waals surface area (Å²) in [4.78, 5) is 16.6. The third-order valence-corrected chi connectivity index (χ3v) is 3.80. The van der Waals surface area contributed by atoms with Crippen LogP contribution in [0.25, 0.3) is 22.2 Å². The molecule has 0 unspecified atom stereocenters. The number of carbonyl (C=O) groups excluding carboxylic acids is 1. The fourth-order valence-corrected chi connectivity index (χ4v) is 2.62. The van der Waals surface area contributed by atoms with Crippen LogP contribution in [-0.4, -0.2) is 16.7 Å². The molecule has 3 rings (SSSR count). The van der Waals surface area contributed by atoms with Gasteiger partial charge in [0.2, 0.25) is 0 Å². The van der Waals surface area contributed by atoms with Crippen LogP contribution < -0.4 is 5.32 Å². The van der Waals surface area contributed by atoms with Crippen LogP contribution in [-0.2, 0) is 10.9 Å². The van der Waals surface area contributed by atoms with Gasteiger partial charge in [0.05, 0.1) is 22.5 Å². The number of halogens is 3. The molecule has 28 heavy (non-hydrogen) atoms. The van der Waals surface area contributed by atoms with Crippen molar-refractivity contribution in [3.8, 4) is 11.3 Å². The van der Waals surface area contributed by atoms with E-state index in [4.69, 9.17) is 4.74 Å². The molecule has 1 radical (unpaired) electrons. The van der Waals surface area contributed by atoms with Gasteiger partial charge < -0.3 is 4.74 Å². The summed E-state index contributed by atoms with van der Waals surface area (Å²) in [5, 5.41) is 3.29. The van der Waals surface area contributed by atoms with Gasteiger partial charge in [-0.05, 0) is 51.1 Å². The van der Waals surface area contributed by atoms with E-state index in [0.29, 0.717) is 16.8 Å². The highest BCUT2D eigenvalue weighted by Crippen LogP contribution is 2.36. The van der Waals surface area contributed by atoms with Crippen molar-refractivity contribution in [2.75, 3.05) is 5.32 Å². The minimum atomic E-state index is -4.55. The Morgan fingerprint density at radius 3 is 2.54 bits per heavy atom. The Bertz CT molecular complexity index is 1020. The molecule has 1 heterocycles. The standard InChI is InChI=1S/C21H18F3N2O2/c1-20(2,3)28-19(27)26-18-12-14(21(22,23)24)9-10-15(18)17-11-8-13-6-4-5-7-16(13)25-17/h4,6-12H,1-3H3,(H,26,27). The molecule has 7 heteroatoms. The first-order chi connectivity index (χ1) is 13.0. The molecule has 0 aliphatic carbocycles. The average Bonchev–Trinajstić information content (AvgIpc) is 2.59. The van der Waals surface area contributed by atoms with E-state index in [9.17, 15) is 18.0 Å². The maximum atomic E-state index is 13.2. The quantitative estimate of drug-likeness (QED) is 0.581.